The fourth-order valence-corrected chi connectivity index (χ4v) is 2.92. The minimum Gasteiger partial charge on any atom is -0.370 e. The molecule has 1 aromatic heterocycles. The van der Waals surface area contributed by atoms with Crippen molar-refractivity contribution in [3.05, 3.63) is 11.9 Å². The lowest BCUT2D eigenvalue weighted by atomic mass is 9.89. The summed E-state index contributed by atoms with van der Waals surface area (Å²) >= 11 is 0. The van der Waals surface area contributed by atoms with Crippen LogP contribution in [-0.2, 0) is 6.42 Å². The second-order valence-corrected chi connectivity index (χ2v) is 5.80. The summed E-state index contributed by atoms with van der Waals surface area (Å²) < 4.78 is 0. The van der Waals surface area contributed by atoms with Gasteiger partial charge in [0.1, 0.15) is 18.0 Å². The van der Waals surface area contributed by atoms with Gasteiger partial charge in [0.15, 0.2) is 0 Å². The predicted molar refractivity (Wildman–Crippen MR) is 80.6 cm³/mol. The average Bonchev–Trinajstić information content (AvgIpc) is 2.84. The van der Waals surface area contributed by atoms with Crippen LogP contribution in [0.5, 0.6) is 0 Å². The summed E-state index contributed by atoms with van der Waals surface area (Å²) in [4.78, 5) is 8.76. The van der Waals surface area contributed by atoms with Crippen molar-refractivity contribution < 1.29 is 0 Å². The summed E-state index contributed by atoms with van der Waals surface area (Å²) in [6.07, 6.45) is 7.98. The normalized spacial score (nSPS) is 17.4. The molecule has 1 aliphatic rings. The molecule has 1 heterocycles. The molecule has 0 radical (unpaired) electrons. The van der Waals surface area contributed by atoms with Gasteiger partial charge in [0.2, 0.25) is 0 Å². The number of rotatable bonds is 6. The fraction of sp³-hybridized carbons (Fsp3) is 0.733. The van der Waals surface area contributed by atoms with Crippen molar-refractivity contribution in [1.82, 2.24) is 9.97 Å². The first-order valence-corrected chi connectivity index (χ1v) is 7.50. The van der Waals surface area contributed by atoms with Crippen molar-refractivity contribution in [2.75, 3.05) is 23.7 Å². The zero-order chi connectivity index (χ0) is 13.7. The second kappa shape index (κ2) is 6.22. The lowest BCUT2D eigenvalue weighted by Crippen LogP contribution is -2.24. The molecule has 0 aromatic carbocycles. The molecule has 0 saturated heterocycles. The highest BCUT2D eigenvalue weighted by Gasteiger charge is 2.28. The number of anilines is 2. The largest absolute Gasteiger partial charge is 0.370 e. The van der Waals surface area contributed by atoms with Crippen LogP contribution in [0.25, 0.3) is 0 Å². The Morgan fingerprint density at radius 1 is 1.11 bits per heavy atom. The van der Waals surface area contributed by atoms with E-state index >= 15 is 0 Å². The summed E-state index contributed by atoms with van der Waals surface area (Å²) in [5.74, 6) is 1.97. The molecule has 0 bridgehead atoms. The van der Waals surface area contributed by atoms with E-state index in [-0.39, 0.29) is 0 Å². The minimum absolute atomic E-state index is 0.439. The van der Waals surface area contributed by atoms with Gasteiger partial charge in [0.25, 0.3) is 0 Å². The Kier molecular flexibility index (Phi) is 4.61. The Bertz CT molecular complexity index is 411. The molecule has 1 aliphatic carbocycles. The summed E-state index contributed by atoms with van der Waals surface area (Å²) in [5.41, 5.74) is 1.64. The Balaban J connectivity index is 2.08. The second-order valence-electron chi connectivity index (χ2n) is 5.80. The van der Waals surface area contributed by atoms with Gasteiger partial charge in [-0.15, -0.1) is 0 Å². The van der Waals surface area contributed by atoms with E-state index in [2.05, 4.69) is 41.4 Å². The van der Waals surface area contributed by atoms with Crippen LogP contribution in [0.4, 0.5) is 11.6 Å². The van der Waals surface area contributed by atoms with E-state index < -0.39 is 0 Å². The van der Waals surface area contributed by atoms with Gasteiger partial charge in [-0.05, 0) is 31.6 Å². The van der Waals surface area contributed by atoms with Crippen LogP contribution in [0.3, 0.4) is 0 Å². The highest BCUT2D eigenvalue weighted by molar-refractivity contribution is 5.57. The third kappa shape index (κ3) is 3.37. The van der Waals surface area contributed by atoms with Crippen LogP contribution in [0.1, 0.15) is 52.0 Å². The number of nitrogens with one attached hydrogen (secondary N) is 2. The van der Waals surface area contributed by atoms with Gasteiger partial charge < -0.3 is 10.6 Å². The molecule has 19 heavy (non-hydrogen) atoms. The van der Waals surface area contributed by atoms with Gasteiger partial charge in [-0.1, -0.05) is 26.7 Å². The molecule has 1 saturated carbocycles. The third-order valence-electron chi connectivity index (χ3n) is 4.14. The summed E-state index contributed by atoms with van der Waals surface area (Å²) in [5, 5.41) is 6.87. The summed E-state index contributed by atoms with van der Waals surface area (Å²) in [6.45, 7) is 8.53. The van der Waals surface area contributed by atoms with E-state index in [4.69, 9.17) is 0 Å². The van der Waals surface area contributed by atoms with Crippen molar-refractivity contribution in [2.24, 2.45) is 5.41 Å². The van der Waals surface area contributed by atoms with Crippen molar-refractivity contribution >= 4 is 11.6 Å². The van der Waals surface area contributed by atoms with E-state index in [1.54, 1.807) is 6.33 Å². The average molecular weight is 262 g/mol. The first-order valence-electron chi connectivity index (χ1n) is 7.50. The quantitative estimate of drug-likeness (QED) is 0.824. The van der Waals surface area contributed by atoms with Crippen LogP contribution < -0.4 is 10.6 Å². The molecular weight excluding hydrogens is 236 g/mol. The summed E-state index contributed by atoms with van der Waals surface area (Å²) in [6, 6.07) is 0. The molecule has 0 atom stereocenters. The number of hydrogen-bond acceptors (Lipinski definition) is 4. The Hall–Kier alpha value is -1.32. The molecule has 1 aromatic rings. The molecule has 0 aliphatic heterocycles. The maximum absolute atomic E-state index is 4.42. The van der Waals surface area contributed by atoms with E-state index in [1.165, 1.54) is 31.2 Å². The first kappa shape index (κ1) is 14.1. The first-order chi connectivity index (χ1) is 9.18. The highest BCUT2D eigenvalue weighted by Crippen LogP contribution is 2.37. The van der Waals surface area contributed by atoms with E-state index in [1.807, 2.05) is 0 Å². The SMILES string of the molecule is CCNc1ncnc(NCC2(C)CCCC2)c1CC. The zero-order valence-corrected chi connectivity index (χ0v) is 12.4. The lowest BCUT2D eigenvalue weighted by Gasteiger charge is -2.25. The van der Waals surface area contributed by atoms with E-state index in [0.29, 0.717) is 5.41 Å². The fourth-order valence-electron chi connectivity index (χ4n) is 2.92. The van der Waals surface area contributed by atoms with Gasteiger partial charge in [-0.2, -0.15) is 0 Å². The maximum Gasteiger partial charge on any atom is 0.134 e. The Morgan fingerprint density at radius 3 is 2.32 bits per heavy atom. The maximum atomic E-state index is 4.42. The monoisotopic (exact) mass is 262 g/mol. The van der Waals surface area contributed by atoms with Gasteiger partial charge in [-0.3, -0.25) is 0 Å². The van der Waals surface area contributed by atoms with Gasteiger partial charge in [-0.25, -0.2) is 9.97 Å². The molecule has 0 amide bonds. The molecule has 0 spiro atoms. The molecule has 106 valence electrons. The molecule has 0 unspecified atom stereocenters. The van der Waals surface area contributed by atoms with Gasteiger partial charge in [0, 0.05) is 18.7 Å². The van der Waals surface area contributed by atoms with Crippen LogP contribution in [0.15, 0.2) is 6.33 Å². The number of aromatic nitrogens is 2. The lowest BCUT2D eigenvalue weighted by molar-refractivity contribution is 0.361. The zero-order valence-electron chi connectivity index (χ0n) is 12.4. The standard InChI is InChI=1S/C15H26N4/c1-4-12-13(16-5-2)18-11-19-14(12)17-10-15(3)8-6-7-9-15/h11H,4-10H2,1-3H3,(H2,16,17,18,19). The van der Waals surface area contributed by atoms with Crippen molar-refractivity contribution in [3.8, 4) is 0 Å². The van der Waals surface area contributed by atoms with Crippen LogP contribution in [-0.4, -0.2) is 23.1 Å². The topological polar surface area (TPSA) is 49.8 Å². The van der Waals surface area contributed by atoms with Crippen LogP contribution in [0, 0.1) is 5.41 Å². The van der Waals surface area contributed by atoms with Crippen molar-refractivity contribution in [3.63, 3.8) is 0 Å². The van der Waals surface area contributed by atoms with Gasteiger partial charge >= 0.3 is 0 Å². The van der Waals surface area contributed by atoms with Crippen molar-refractivity contribution in [1.29, 1.82) is 0 Å². The summed E-state index contributed by atoms with van der Waals surface area (Å²) in [7, 11) is 0. The predicted octanol–water partition coefficient (Wildman–Crippen LogP) is 3.46. The Morgan fingerprint density at radius 2 is 1.74 bits per heavy atom. The smallest absolute Gasteiger partial charge is 0.134 e. The number of hydrogen-bond donors (Lipinski definition) is 2. The van der Waals surface area contributed by atoms with Crippen LogP contribution >= 0.6 is 0 Å². The molecule has 4 heteroatoms. The molecule has 4 nitrogen and oxygen atoms in total. The van der Waals surface area contributed by atoms with Crippen LogP contribution in [0.2, 0.25) is 0 Å². The highest BCUT2D eigenvalue weighted by atomic mass is 15.1. The molecule has 2 rings (SSSR count). The number of nitrogens with zero attached hydrogens (tertiary/aromatic N) is 2. The third-order valence-corrected chi connectivity index (χ3v) is 4.14. The molecular formula is C15H26N4. The van der Waals surface area contributed by atoms with Gasteiger partial charge in [0.05, 0.1) is 0 Å². The Labute approximate surface area is 116 Å². The van der Waals surface area contributed by atoms with E-state index in [0.717, 1.165) is 31.1 Å². The van der Waals surface area contributed by atoms with E-state index in [9.17, 15) is 0 Å². The molecule has 1 fully saturated rings. The minimum atomic E-state index is 0.439. The molecule has 2 N–H and O–H groups in total. The van der Waals surface area contributed by atoms with Crippen molar-refractivity contribution in [2.45, 2.75) is 52.9 Å².